The molecule has 0 radical (unpaired) electrons. The smallest absolute Gasteiger partial charge is 0.321 e. The summed E-state index contributed by atoms with van der Waals surface area (Å²) in [5, 5.41) is 13.9. The van der Waals surface area contributed by atoms with Gasteiger partial charge >= 0.3 is 6.03 Å². The maximum atomic E-state index is 12.4. The standard InChI is InChI=1S/C19H21N3O2/c23-18(21-17-7-4-8-20-11-17)22-12-14-9-19(24,10-15(14)13-22)16-5-2-1-3-6-16/h1-8,11,14-15,24H,9-10,12-13H2,(H,21,23)/t14-,15+,19-. The first kappa shape index (κ1) is 15.1. The van der Waals surface area contributed by atoms with Gasteiger partial charge in [-0.2, -0.15) is 0 Å². The highest BCUT2D eigenvalue weighted by Crippen LogP contribution is 2.48. The average molecular weight is 323 g/mol. The van der Waals surface area contributed by atoms with E-state index in [0.717, 1.165) is 18.4 Å². The van der Waals surface area contributed by atoms with Crippen molar-refractivity contribution < 1.29 is 9.90 Å². The lowest BCUT2D eigenvalue weighted by Crippen LogP contribution is -2.35. The van der Waals surface area contributed by atoms with Crippen LogP contribution in [0.2, 0.25) is 0 Å². The van der Waals surface area contributed by atoms with Crippen molar-refractivity contribution in [3.05, 3.63) is 60.4 Å². The first-order valence-electron chi connectivity index (χ1n) is 8.38. The molecule has 1 aliphatic heterocycles. The second-order valence-corrected chi connectivity index (χ2v) is 6.90. The second kappa shape index (κ2) is 5.91. The van der Waals surface area contributed by atoms with Crippen LogP contribution in [0.25, 0.3) is 0 Å². The number of amides is 2. The molecule has 24 heavy (non-hydrogen) atoms. The molecule has 2 fully saturated rings. The Hall–Kier alpha value is -2.40. The quantitative estimate of drug-likeness (QED) is 0.893. The van der Waals surface area contributed by atoms with E-state index < -0.39 is 5.60 Å². The summed E-state index contributed by atoms with van der Waals surface area (Å²) in [6.07, 6.45) is 4.76. The summed E-state index contributed by atoms with van der Waals surface area (Å²) >= 11 is 0. The molecule has 2 amide bonds. The largest absolute Gasteiger partial charge is 0.385 e. The molecule has 2 N–H and O–H groups in total. The van der Waals surface area contributed by atoms with Crippen LogP contribution in [0.15, 0.2) is 54.9 Å². The number of rotatable bonds is 2. The number of carbonyl (C=O) groups excluding carboxylic acids is 1. The van der Waals surface area contributed by atoms with E-state index in [1.165, 1.54) is 0 Å². The molecule has 5 nitrogen and oxygen atoms in total. The Morgan fingerprint density at radius 1 is 1.12 bits per heavy atom. The van der Waals surface area contributed by atoms with Crippen molar-refractivity contribution in [3.63, 3.8) is 0 Å². The van der Waals surface area contributed by atoms with E-state index in [-0.39, 0.29) is 6.03 Å². The molecule has 1 aromatic carbocycles. The Morgan fingerprint density at radius 2 is 1.83 bits per heavy atom. The molecule has 124 valence electrons. The molecular formula is C19H21N3O2. The molecule has 0 spiro atoms. The van der Waals surface area contributed by atoms with Crippen molar-refractivity contribution in [2.45, 2.75) is 18.4 Å². The summed E-state index contributed by atoms with van der Waals surface area (Å²) in [7, 11) is 0. The third-order valence-electron chi connectivity index (χ3n) is 5.29. The van der Waals surface area contributed by atoms with Crippen LogP contribution in [0.3, 0.4) is 0 Å². The minimum atomic E-state index is -0.748. The van der Waals surface area contributed by atoms with Gasteiger partial charge in [-0.05, 0) is 42.4 Å². The van der Waals surface area contributed by atoms with Crippen molar-refractivity contribution in [2.75, 3.05) is 18.4 Å². The van der Waals surface area contributed by atoms with Gasteiger partial charge in [-0.1, -0.05) is 30.3 Å². The number of benzene rings is 1. The van der Waals surface area contributed by atoms with Crippen LogP contribution in [0.1, 0.15) is 18.4 Å². The Morgan fingerprint density at radius 3 is 2.46 bits per heavy atom. The van der Waals surface area contributed by atoms with E-state index in [0.29, 0.717) is 30.6 Å². The minimum absolute atomic E-state index is 0.0827. The maximum absolute atomic E-state index is 12.4. The number of aliphatic hydroxyl groups is 1. The first-order chi connectivity index (χ1) is 11.6. The van der Waals surface area contributed by atoms with Crippen molar-refractivity contribution >= 4 is 11.7 Å². The molecule has 1 aromatic heterocycles. The van der Waals surface area contributed by atoms with E-state index in [9.17, 15) is 9.90 Å². The van der Waals surface area contributed by atoms with E-state index >= 15 is 0 Å². The number of anilines is 1. The van der Waals surface area contributed by atoms with Crippen LogP contribution >= 0.6 is 0 Å². The highest BCUT2D eigenvalue weighted by molar-refractivity contribution is 5.89. The van der Waals surface area contributed by atoms with Crippen LogP contribution in [0.5, 0.6) is 0 Å². The maximum Gasteiger partial charge on any atom is 0.321 e. The predicted octanol–water partition coefficient (Wildman–Crippen LogP) is 2.84. The Kier molecular flexibility index (Phi) is 3.73. The van der Waals surface area contributed by atoms with E-state index in [4.69, 9.17) is 0 Å². The van der Waals surface area contributed by atoms with E-state index in [2.05, 4.69) is 10.3 Å². The molecular weight excluding hydrogens is 302 g/mol. The third-order valence-corrected chi connectivity index (χ3v) is 5.29. The number of likely N-dealkylation sites (tertiary alicyclic amines) is 1. The monoisotopic (exact) mass is 323 g/mol. The van der Waals surface area contributed by atoms with Crippen LogP contribution in [-0.4, -0.2) is 34.1 Å². The molecule has 4 rings (SSSR count). The Labute approximate surface area is 141 Å². The number of fused-ring (bicyclic) bond motifs is 1. The summed E-state index contributed by atoms with van der Waals surface area (Å²) in [6, 6.07) is 13.4. The number of nitrogens with one attached hydrogen (secondary N) is 1. The molecule has 2 heterocycles. The fraction of sp³-hybridized carbons (Fsp3) is 0.368. The Bertz CT molecular complexity index is 706. The van der Waals surface area contributed by atoms with Gasteiger partial charge in [0.15, 0.2) is 0 Å². The van der Waals surface area contributed by atoms with Crippen LogP contribution in [0, 0.1) is 11.8 Å². The number of hydrogen-bond donors (Lipinski definition) is 2. The zero-order valence-corrected chi connectivity index (χ0v) is 13.4. The molecule has 1 saturated carbocycles. The fourth-order valence-corrected chi connectivity index (χ4v) is 4.14. The number of pyridine rings is 1. The third kappa shape index (κ3) is 2.76. The molecule has 2 aromatic rings. The highest BCUT2D eigenvalue weighted by atomic mass is 16.3. The summed E-state index contributed by atoms with van der Waals surface area (Å²) < 4.78 is 0. The van der Waals surface area contributed by atoms with Gasteiger partial charge in [-0.3, -0.25) is 4.98 Å². The van der Waals surface area contributed by atoms with Gasteiger partial charge in [0.25, 0.3) is 0 Å². The van der Waals surface area contributed by atoms with Gasteiger partial charge in [0, 0.05) is 19.3 Å². The van der Waals surface area contributed by atoms with Crippen LogP contribution in [0.4, 0.5) is 10.5 Å². The van der Waals surface area contributed by atoms with Gasteiger partial charge in [0.05, 0.1) is 17.5 Å². The van der Waals surface area contributed by atoms with Gasteiger partial charge < -0.3 is 15.3 Å². The molecule has 0 bridgehead atoms. The van der Waals surface area contributed by atoms with Gasteiger partial charge in [0.2, 0.25) is 0 Å². The van der Waals surface area contributed by atoms with Crippen molar-refractivity contribution in [3.8, 4) is 0 Å². The minimum Gasteiger partial charge on any atom is -0.385 e. The predicted molar refractivity (Wildman–Crippen MR) is 91.4 cm³/mol. The number of urea groups is 1. The normalized spacial score (nSPS) is 28.6. The average Bonchev–Trinajstić information content (AvgIpc) is 3.12. The topological polar surface area (TPSA) is 65.5 Å². The molecule has 5 heteroatoms. The lowest BCUT2D eigenvalue weighted by atomic mass is 9.90. The Balaban J connectivity index is 1.40. The molecule has 0 unspecified atom stereocenters. The zero-order valence-electron chi connectivity index (χ0n) is 13.4. The van der Waals surface area contributed by atoms with Crippen molar-refractivity contribution in [1.82, 2.24) is 9.88 Å². The molecule has 1 saturated heterocycles. The number of hydrogen-bond acceptors (Lipinski definition) is 3. The second-order valence-electron chi connectivity index (χ2n) is 6.90. The fourth-order valence-electron chi connectivity index (χ4n) is 4.14. The summed E-state index contributed by atoms with van der Waals surface area (Å²) in [4.78, 5) is 18.3. The van der Waals surface area contributed by atoms with Gasteiger partial charge in [-0.25, -0.2) is 4.79 Å². The van der Waals surface area contributed by atoms with E-state index in [1.807, 2.05) is 41.3 Å². The summed E-state index contributed by atoms with van der Waals surface area (Å²) in [5.41, 5.74) is 0.953. The highest BCUT2D eigenvalue weighted by Gasteiger charge is 2.49. The summed E-state index contributed by atoms with van der Waals surface area (Å²) in [5.74, 6) is 0.713. The number of nitrogens with zero attached hydrogens (tertiary/aromatic N) is 2. The molecule has 2 aliphatic rings. The number of carbonyl (C=O) groups is 1. The van der Waals surface area contributed by atoms with Crippen LogP contribution < -0.4 is 5.32 Å². The SMILES string of the molecule is O=C(Nc1cccnc1)N1C[C@@H]2C[C@@](O)(c3ccccc3)C[C@@H]2C1. The van der Waals surface area contributed by atoms with Crippen molar-refractivity contribution in [1.29, 1.82) is 0 Å². The first-order valence-corrected chi connectivity index (χ1v) is 8.38. The van der Waals surface area contributed by atoms with Crippen molar-refractivity contribution in [2.24, 2.45) is 11.8 Å². The summed E-state index contributed by atoms with van der Waals surface area (Å²) in [6.45, 7) is 1.40. The lowest BCUT2D eigenvalue weighted by Gasteiger charge is -2.26. The van der Waals surface area contributed by atoms with Crippen LogP contribution in [-0.2, 0) is 5.60 Å². The lowest BCUT2D eigenvalue weighted by molar-refractivity contribution is 0.0328. The molecule has 1 aliphatic carbocycles. The molecule has 3 atom stereocenters. The van der Waals surface area contributed by atoms with Gasteiger partial charge in [0.1, 0.15) is 0 Å². The number of aromatic nitrogens is 1. The zero-order chi connectivity index (χ0) is 16.6. The van der Waals surface area contributed by atoms with E-state index in [1.54, 1.807) is 18.5 Å². The van der Waals surface area contributed by atoms with Gasteiger partial charge in [-0.15, -0.1) is 0 Å².